The molecule has 0 aromatic heterocycles. The van der Waals surface area contributed by atoms with Crippen molar-refractivity contribution in [2.24, 2.45) is 5.73 Å². The van der Waals surface area contributed by atoms with Crippen LogP contribution >= 0.6 is 27.5 Å². The lowest BCUT2D eigenvalue weighted by Gasteiger charge is -2.29. The number of fused-ring (bicyclic) bond motifs is 1. The van der Waals surface area contributed by atoms with Gasteiger partial charge in [-0.1, -0.05) is 41.9 Å². The number of nitrogens with two attached hydrogens (primary N) is 1. The summed E-state index contributed by atoms with van der Waals surface area (Å²) in [6, 6.07) is 11.4. The van der Waals surface area contributed by atoms with Crippen molar-refractivity contribution in [2.75, 3.05) is 11.9 Å². The molecule has 0 fully saturated rings. The first kappa shape index (κ1) is 13.9. The molecular formula is C15H13BrClFN2. The van der Waals surface area contributed by atoms with Gasteiger partial charge in [0, 0.05) is 23.1 Å². The zero-order valence-electron chi connectivity index (χ0n) is 10.6. The Morgan fingerprint density at radius 1 is 1.35 bits per heavy atom. The van der Waals surface area contributed by atoms with Crippen LogP contribution in [0.15, 0.2) is 40.9 Å². The summed E-state index contributed by atoms with van der Waals surface area (Å²) in [5.41, 5.74) is 8.38. The number of benzene rings is 2. The summed E-state index contributed by atoms with van der Waals surface area (Å²) >= 11 is 9.35. The number of nitrogens with one attached hydrogen (secondary N) is 1. The molecule has 3 rings (SSSR count). The van der Waals surface area contributed by atoms with Crippen molar-refractivity contribution in [3.05, 3.63) is 62.8 Å². The van der Waals surface area contributed by atoms with Crippen LogP contribution < -0.4 is 11.1 Å². The third-order valence-electron chi connectivity index (χ3n) is 3.79. The molecule has 1 aliphatic rings. The molecule has 5 heteroatoms. The van der Waals surface area contributed by atoms with E-state index in [9.17, 15) is 4.39 Å². The van der Waals surface area contributed by atoms with Crippen molar-refractivity contribution in [1.82, 2.24) is 0 Å². The van der Waals surface area contributed by atoms with E-state index in [-0.39, 0.29) is 5.02 Å². The van der Waals surface area contributed by atoms with Crippen molar-refractivity contribution >= 4 is 33.2 Å². The van der Waals surface area contributed by atoms with Gasteiger partial charge in [0.05, 0.1) is 10.6 Å². The second kappa shape index (κ2) is 5.02. The molecule has 1 aliphatic heterocycles. The zero-order chi connectivity index (χ0) is 14.3. The van der Waals surface area contributed by atoms with Crippen LogP contribution in [0.1, 0.15) is 11.1 Å². The van der Waals surface area contributed by atoms with Crippen LogP contribution in [0.2, 0.25) is 5.02 Å². The molecule has 0 saturated carbocycles. The van der Waals surface area contributed by atoms with Gasteiger partial charge in [0.15, 0.2) is 0 Å². The summed E-state index contributed by atoms with van der Waals surface area (Å²) in [4.78, 5) is 0. The zero-order valence-corrected chi connectivity index (χ0v) is 12.9. The number of hydrogen-bond donors (Lipinski definition) is 2. The van der Waals surface area contributed by atoms with Gasteiger partial charge in [-0.25, -0.2) is 4.39 Å². The van der Waals surface area contributed by atoms with Gasteiger partial charge in [0.2, 0.25) is 0 Å². The summed E-state index contributed by atoms with van der Waals surface area (Å²) < 4.78 is 14.4. The predicted molar refractivity (Wildman–Crippen MR) is 83.6 cm³/mol. The lowest BCUT2D eigenvalue weighted by Crippen LogP contribution is -2.41. The maximum Gasteiger partial charge on any atom is 0.145 e. The molecule has 1 atom stereocenters. The van der Waals surface area contributed by atoms with E-state index in [0.717, 1.165) is 16.8 Å². The predicted octanol–water partition coefficient (Wildman–Crippen LogP) is 4.06. The van der Waals surface area contributed by atoms with Gasteiger partial charge in [-0.15, -0.1) is 0 Å². The average molecular weight is 356 g/mol. The molecule has 0 saturated heterocycles. The van der Waals surface area contributed by atoms with E-state index in [0.29, 0.717) is 17.4 Å². The van der Waals surface area contributed by atoms with Crippen LogP contribution in [0.25, 0.3) is 0 Å². The minimum Gasteiger partial charge on any atom is -0.374 e. The van der Waals surface area contributed by atoms with E-state index < -0.39 is 11.4 Å². The smallest absolute Gasteiger partial charge is 0.145 e. The van der Waals surface area contributed by atoms with Gasteiger partial charge in [0.25, 0.3) is 0 Å². The highest BCUT2D eigenvalue weighted by Gasteiger charge is 2.39. The largest absolute Gasteiger partial charge is 0.374 e. The van der Waals surface area contributed by atoms with Gasteiger partial charge in [-0.2, -0.15) is 0 Å². The van der Waals surface area contributed by atoms with E-state index in [2.05, 4.69) is 21.2 Å². The normalized spacial score (nSPS) is 20.6. The van der Waals surface area contributed by atoms with E-state index in [1.807, 2.05) is 30.3 Å². The molecule has 3 N–H and O–H groups in total. The lowest BCUT2D eigenvalue weighted by atomic mass is 9.87. The Labute approximate surface area is 130 Å². The van der Waals surface area contributed by atoms with Crippen molar-refractivity contribution in [3.63, 3.8) is 0 Å². The summed E-state index contributed by atoms with van der Waals surface area (Å²) in [5.74, 6) is -0.439. The fraction of sp³-hybridized carbons (Fsp3) is 0.200. The molecule has 0 bridgehead atoms. The van der Waals surface area contributed by atoms with Gasteiger partial charge in [-0.05, 0) is 33.1 Å². The Balaban J connectivity index is 2.10. The highest BCUT2D eigenvalue weighted by Crippen LogP contribution is 2.45. The van der Waals surface area contributed by atoms with Gasteiger partial charge < -0.3 is 11.1 Å². The quantitative estimate of drug-likeness (QED) is 0.797. The monoisotopic (exact) mass is 354 g/mol. The summed E-state index contributed by atoms with van der Waals surface area (Å²) in [6.07, 6.45) is 0.670. The first-order valence-corrected chi connectivity index (χ1v) is 7.44. The maximum atomic E-state index is 13.8. The molecule has 2 aromatic rings. The number of halogens is 3. The van der Waals surface area contributed by atoms with E-state index in [4.69, 9.17) is 17.3 Å². The molecule has 20 heavy (non-hydrogen) atoms. The highest BCUT2D eigenvalue weighted by atomic mass is 79.9. The number of anilines is 1. The molecule has 104 valence electrons. The third-order valence-corrected chi connectivity index (χ3v) is 5.26. The highest BCUT2D eigenvalue weighted by molar-refractivity contribution is 9.10. The van der Waals surface area contributed by atoms with Crippen LogP contribution in [0.4, 0.5) is 10.1 Å². The molecule has 0 aliphatic carbocycles. The first-order chi connectivity index (χ1) is 9.57. The standard InChI is InChI=1S/C15H13BrClFN2/c16-13-10-7-15(8-19,9-4-2-1-3-5-9)20-12(10)6-11(18)14(13)17/h1-6,20H,7-8,19H2. The molecule has 2 nitrogen and oxygen atoms in total. The molecule has 0 amide bonds. The van der Waals surface area contributed by atoms with Crippen LogP contribution in [-0.4, -0.2) is 6.54 Å². The van der Waals surface area contributed by atoms with Crippen LogP contribution in [0.5, 0.6) is 0 Å². The Bertz CT molecular complexity index is 663. The van der Waals surface area contributed by atoms with Crippen LogP contribution in [0, 0.1) is 5.82 Å². The minimum atomic E-state index is -0.439. The fourth-order valence-corrected chi connectivity index (χ4v) is 3.41. The molecule has 1 unspecified atom stereocenters. The van der Waals surface area contributed by atoms with Crippen molar-refractivity contribution in [2.45, 2.75) is 12.0 Å². The van der Waals surface area contributed by atoms with Crippen molar-refractivity contribution in [3.8, 4) is 0 Å². The summed E-state index contributed by atoms with van der Waals surface area (Å²) in [6.45, 7) is 0.414. The Morgan fingerprint density at radius 2 is 2.05 bits per heavy atom. The topological polar surface area (TPSA) is 38.0 Å². The van der Waals surface area contributed by atoms with Gasteiger partial charge in [0.1, 0.15) is 5.82 Å². The van der Waals surface area contributed by atoms with Crippen LogP contribution in [0.3, 0.4) is 0 Å². The Kier molecular flexibility index (Phi) is 3.48. The second-order valence-corrected chi connectivity index (χ2v) is 6.14. The summed E-state index contributed by atoms with van der Waals surface area (Å²) in [5, 5.41) is 3.49. The summed E-state index contributed by atoms with van der Waals surface area (Å²) in [7, 11) is 0. The Morgan fingerprint density at radius 3 is 2.70 bits per heavy atom. The number of rotatable bonds is 2. The fourth-order valence-electron chi connectivity index (χ4n) is 2.69. The third kappa shape index (κ3) is 2.03. The van der Waals surface area contributed by atoms with E-state index in [1.165, 1.54) is 6.07 Å². The number of hydrogen-bond acceptors (Lipinski definition) is 2. The van der Waals surface area contributed by atoms with Crippen LogP contribution in [-0.2, 0) is 12.0 Å². The minimum absolute atomic E-state index is 0.117. The SMILES string of the molecule is NCC1(c2ccccc2)Cc2c(cc(F)c(Cl)c2Br)N1. The first-order valence-electron chi connectivity index (χ1n) is 6.27. The van der Waals surface area contributed by atoms with E-state index in [1.54, 1.807) is 0 Å². The molecular weight excluding hydrogens is 343 g/mol. The molecule has 0 radical (unpaired) electrons. The molecule has 1 heterocycles. The second-order valence-electron chi connectivity index (χ2n) is 4.97. The van der Waals surface area contributed by atoms with Crippen molar-refractivity contribution in [1.29, 1.82) is 0 Å². The Hall–Kier alpha value is -1.10. The van der Waals surface area contributed by atoms with E-state index >= 15 is 0 Å². The average Bonchev–Trinajstić information content (AvgIpc) is 2.86. The molecule has 2 aromatic carbocycles. The molecule has 0 spiro atoms. The van der Waals surface area contributed by atoms with Gasteiger partial charge >= 0.3 is 0 Å². The van der Waals surface area contributed by atoms with Crippen molar-refractivity contribution < 1.29 is 4.39 Å². The van der Waals surface area contributed by atoms with Gasteiger partial charge in [-0.3, -0.25) is 0 Å². The lowest BCUT2D eigenvalue weighted by molar-refractivity contribution is 0.522. The maximum absolute atomic E-state index is 13.8.